The van der Waals surface area contributed by atoms with E-state index >= 15 is 0 Å². The van der Waals surface area contributed by atoms with Crippen LogP contribution < -0.4 is 0 Å². The highest BCUT2D eigenvalue weighted by molar-refractivity contribution is 5.69. The van der Waals surface area contributed by atoms with Gasteiger partial charge in [-0.05, 0) is 90.0 Å². The number of unbranched alkanes of at least 4 members (excludes halogenated alkanes) is 20. The monoisotopic (exact) mass is 798 g/mol. The molecule has 0 saturated heterocycles. The second-order valence-corrected chi connectivity index (χ2v) is 17.0. The van der Waals surface area contributed by atoms with E-state index in [0.29, 0.717) is 45.2 Å². The number of aliphatic hydroxyl groups is 3. The van der Waals surface area contributed by atoms with Crippen molar-refractivity contribution in [2.45, 2.75) is 270 Å². The van der Waals surface area contributed by atoms with E-state index < -0.39 is 12.2 Å². The molecule has 0 aromatic heterocycles. The normalized spacial score (nSPS) is 13.4. The molecule has 0 aromatic carbocycles. The van der Waals surface area contributed by atoms with Crippen LogP contribution in [0.1, 0.15) is 246 Å². The van der Waals surface area contributed by atoms with Crippen molar-refractivity contribution in [3.8, 4) is 0 Å². The molecule has 3 unspecified atom stereocenters. The number of carbonyl (C=O) groups excluding carboxylic acids is 2. The van der Waals surface area contributed by atoms with Crippen LogP contribution in [0.4, 0.5) is 0 Å². The molecule has 0 aliphatic rings. The van der Waals surface area contributed by atoms with Gasteiger partial charge in [0.05, 0.1) is 12.2 Å². The van der Waals surface area contributed by atoms with Gasteiger partial charge in [0.1, 0.15) is 12.2 Å². The largest absolute Gasteiger partial charge is 0.462 e. The lowest BCUT2D eigenvalue weighted by molar-refractivity contribution is -0.150. The summed E-state index contributed by atoms with van der Waals surface area (Å²) in [5.74, 6) is -0.168. The number of nitrogens with zero attached hydrogens (tertiary/aromatic N) is 1. The molecule has 334 valence electrons. The summed E-state index contributed by atoms with van der Waals surface area (Å²) < 4.78 is 11.8. The third-order valence-electron chi connectivity index (χ3n) is 11.3. The first kappa shape index (κ1) is 54.8. The number of aliphatic hydroxyl groups excluding tert-OH is 3. The zero-order valence-corrected chi connectivity index (χ0v) is 37.6. The third-order valence-corrected chi connectivity index (χ3v) is 11.3. The zero-order valence-electron chi connectivity index (χ0n) is 37.6. The predicted molar refractivity (Wildman–Crippen MR) is 235 cm³/mol. The molecule has 0 radical (unpaired) electrons. The highest BCUT2D eigenvalue weighted by Gasteiger charge is 2.18. The minimum atomic E-state index is -0.499. The van der Waals surface area contributed by atoms with Crippen molar-refractivity contribution >= 4 is 11.9 Å². The summed E-state index contributed by atoms with van der Waals surface area (Å²) in [4.78, 5) is 27.3. The number of esters is 2. The Bertz CT molecular complexity index is 826. The van der Waals surface area contributed by atoms with E-state index in [0.717, 1.165) is 96.4 Å². The molecule has 0 aliphatic heterocycles. The summed E-state index contributed by atoms with van der Waals surface area (Å²) in [6.45, 7) is 10.7. The van der Waals surface area contributed by atoms with Crippen LogP contribution in [0, 0.1) is 0 Å². The van der Waals surface area contributed by atoms with E-state index in [-0.39, 0.29) is 30.8 Å². The molecular formula is C48H95NO7. The maximum Gasteiger partial charge on any atom is 0.306 e. The van der Waals surface area contributed by atoms with Crippen molar-refractivity contribution in [3.63, 3.8) is 0 Å². The molecular weight excluding hydrogens is 703 g/mol. The maximum absolute atomic E-state index is 12.8. The van der Waals surface area contributed by atoms with E-state index in [1.54, 1.807) is 0 Å². The Hall–Kier alpha value is -1.22. The number of hydrogen-bond donors (Lipinski definition) is 3. The van der Waals surface area contributed by atoms with Crippen LogP contribution in [0.2, 0.25) is 0 Å². The third kappa shape index (κ3) is 37.1. The van der Waals surface area contributed by atoms with E-state index in [9.17, 15) is 24.9 Å². The fourth-order valence-electron chi connectivity index (χ4n) is 7.69. The fourth-order valence-corrected chi connectivity index (χ4v) is 7.69. The Labute approximate surface area is 347 Å². The van der Waals surface area contributed by atoms with E-state index in [4.69, 9.17) is 9.47 Å². The molecule has 0 aliphatic carbocycles. The SMILES string of the molecule is CCCCCCCCC(CC)OC(=O)CCCCCC(O)CN(CCCCO)CC(O)CCCCCC(=O)OC(CCCCCCCC)CCCCCCCC. The second kappa shape index (κ2) is 41.9. The quantitative estimate of drug-likeness (QED) is 0.0412. The second-order valence-electron chi connectivity index (χ2n) is 17.0. The number of hydrogen-bond acceptors (Lipinski definition) is 8. The molecule has 0 heterocycles. The molecule has 0 bridgehead atoms. The topological polar surface area (TPSA) is 117 Å². The van der Waals surface area contributed by atoms with E-state index in [2.05, 4.69) is 32.6 Å². The van der Waals surface area contributed by atoms with Crippen LogP contribution in [-0.4, -0.2) is 82.8 Å². The average Bonchev–Trinajstić information content (AvgIpc) is 3.17. The molecule has 8 heteroatoms. The Kier molecular flexibility index (Phi) is 41.0. The minimum absolute atomic E-state index is 0.0309. The molecule has 56 heavy (non-hydrogen) atoms. The summed E-state index contributed by atoms with van der Waals surface area (Å²) in [5.41, 5.74) is 0. The van der Waals surface area contributed by atoms with Gasteiger partial charge < -0.3 is 24.8 Å². The molecule has 0 amide bonds. The molecule has 3 N–H and O–H groups in total. The summed E-state index contributed by atoms with van der Waals surface area (Å²) in [7, 11) is 0. The molecule has 0 rings (SSSR count). The Morgan fingerprint density at radius 1 is 0.446 bits per heavy atom. The van der Waals surface area contributed by atoms with Crippen molar-refractivity contribution in [3.05, 3.63) is 0 Å². The minimum Gasteiger partial charge on any atom is -0.462 e. The standard InChI is InChI=1S/C48H95NO7/c1-5-9-12-15-18-25-34-45(8-4)55-47(53)37-28-21-23-32-43(51)41-49(39-30-31-40-50)42-44(52)33-24-22-29-38-48(54)56-46(35-26-19-16-13-10-6-2)36-27-20-17-14-11-7-3/h43-46,50-52H,5-42H2,1-4H3. The first-order chi connectivity index (χ1) is 27.3. The van der Waals surface area contributed by atoms with Crippen molar-refractivity contribution in [1.82, 2.24) is 4.90 Å². The van der Waals surface area contributed by atoms with Crippen LogP contribution in [0.5, 0.6) is 0 Å². The van der Waals surface area contributed by atoms with Crippen LogP contribution in [0.3, 0.4) is 0 Å². The highest BCUT2D eigenvalue weighted by atomic mass is 16.5. The summed E-state index contributed by atoms with van der Waals surface area (Å²) in [6.07, 6.45) is 34.1. The van der Waals surface area contributed by atoms with Gasteiger partial charge in [-0.1, -0.05) is 150 Å². The lowest BCUT2D eigenvalue weighted by Crippen LogP contribution is -2.38. The van der Waals surface area contributed by atoms with Gasteiger partial charge in [0.2, 0.25) is 0 Å². The Balaban J connectivity index is 4.43. The average molecular weight is 798 g/mol. The van der Waals surface area contributed by atoms with Crippen LogP contribution in [-0.2, 0) is 19.1 Å². The highest BCUT2D eigenvalue weighted by Crippen LogP contribution is 2.19. The molecule has 0 saturated carbocycles. The van der Waals surface area contributed by atoms with Crippen LogP contribution in [0.25, 0.3) is 0 Å². The van der Waals surface area contributed by atoms with Gasteiger partial charge in [-0.25, -0.2) is 0 Å². The smallest absolute Gasteiger partial charge is 0.306 e. The molecule has 8 nitrogen and oxygen atoms in total. The van der Waals surface area contributed by atoms with Crippen molar-refractivity contribution in [1.29, 1.82) is 0 Å². The Morgan fingerprint density at radius 2 is 0.804 bits per heavy atom. The van der Waals surface area contributed by atoms with Gasteiger partial charge in [-0.2, -0.15) is 0 Å². The van der Waals surface area contributed by atoms with E-state index in [1.807, 2.05) is 0 Å². The summed E-state index contributed by atoms with van der Waals surface area (Å²) >= 11 is 0. The van der Waals surface area contributed by atoms with Gasteiger partial charge in [-0.3, -0.25) is 14.5 Å². The lowest BCUT2D eigenvalue weighted by atomic mass is 10.0. The van der Waals surface area contributed by atoms with Gasteiger partial charge in [0.25, 0.3) is 0 Å². The molecule has 0 fully saturated rings. The number of rotatable bonds is 44. The van der Waals surface area contributed by atoms with Crippen molar-refractivity contribution < 1.29 is 34.4 Å². The summed E-state index contributed by atoms with van der Waals surface area (Å²) in [5, 5.41) is 31.0. The van der Waals surface area contributed by atoms with Crippen molar-refractivity contribution in [2.75, 3.05) is 26.2 Å². The first-order valence-corrected chi connectivity index (χ1v) is 24.4. The first-order valence-electron chi connectivity index (χ1n) is 24.4. The van der Waals surface area contributed by atoms with Gasteiger partial charge in [0, 0.05) is 32.5 Å². The van der Waals surface area contributed by atoms with Gasteiger partial charge in [0.15, 0.2) is 0 Å². The van der Waals surface area contributed by atoms with Crippen LogP contribution >= 0.6 is 0 Å². The molecule has 3 atom stereocenters. The zero-order chi connectivity index (χ0) is 41.3. The number of carbonyl (C=O) groups is 2. The van der Waals surface area contributed by atoms with Crippen LogP contribution in [0.15, 0.2) is 0 Å². The fraction of sp³-hybridized carbons (Fsp3) is 0.958. The number of ether oxygens (including phenoxy) is 2. The van der Waals surface area contributed by atoms with E-state index in [1.165, 1.54) is 96.3 Å². The lowest BCUT2D eigenvalue weighted by Gasteiger charge is -2.27. The predicted octanol–water partition coefficient (Wildman–Crippen LogP) is 12.2. The molecule has 0 aromatic rings. The van der Waals surface area contributed by atoms with Gasteiger partial charge >= 0.3 is 11.9 Å². The Morgan fingerprint density at radius 3 is 1.21 bits per heavy atom. The maximum atomic E-state index is 12.8. The molecule has 0 spiro atoms. The summed E-state index contributed by atoms with van der Waals surface area (Å²) in [6, 6.07) is 0. The van der Waals surface area contributed by atoms with Crippen molar-refractivity contribution in [2.24, 2.45) is 0 Å². The van der Waals surface area contributed by atoms with Gasteiger partial charge in [-0.15, -0.1) is 0 Å².